The minimum Gasteiger partial charge on any atom is -0.350 e. The van der Waals surface area contributed by atoms with Crippen LogP contribution in [0.5, 0.6) is 0 Å². The molecular weight excluding hydrogens is 356 g/mol. The molecule has 128 valence electrons. The van der Waals surface area contributed by atoms with E-state index in [1.54, 1.807) is 23.6 Å². The average molecular weight is 372 g/mol. The normalized spacial score (nSPS) is 10.2. The minimum atomic E-state index is -0.313. The summed E-state index contributed by atoms with van der Waals surface area (Å²) in [5.74, 6) is -0.130. The van der Waals surface area contributed by atoms with Gasteiger partial charge in [-0.05, 0) is 35.7 Å². The molecule has 0 unspecified atom stereocenters. The van der Waals surface area contributed by atoms with Gasteiger partial charge in [0, 0.05) is 35.9 Å². The molecule has 2 heterocycles. The van der Waals surface area contributed by atoms with E-state index < -0.39 is 0 Å². The monoisotopic (exact) mass is 372 g/mol. The molecule has 0 aliphatic rings. The number of anilines is 1. The van der Waals surface area contributed by atoms with Gasteiger partial charge in [-0.2, -0.15) is 0 Å². The molecule has 1 aromatic carbocycles. The van der Waals surface area contributed by atoms with Gasteiger partial charge in [0.25, 0.3) is 5.91 Å². The van der Waals surface area contributed by atoms with Crippen molar-refractivity contribution >= 4 is 40.3 Å². The summed E-state index contributed by atoms with van der Waals surface area (Å²) in [7, 11) is 0. The van der Waals surface area contributed by atoms with Crippen LogP contribution in [-0.2, 0) is 0 Å². The molecule has 8 heteroatoms. The third-order valence-electron chi connectivity index (χ3n) is 3.26. The molecule has 3 N–H and O–H groups in total. The molecule has 6 nitrogen and oxygen atoms in total. The summed E-state index contributed by atoms with van der Waals surface area (Å²) in [6.07, 6.45) is 1.76. The highest BCUT2D eigenvalue weighted by Gasteiger charge is 2.06. The molecule has 0 radical (unpaired) electrons. The minimum absolute atomic E-state index is 0.130. The number of thiazole rings is 1. The van der Waals surface area contributed by atoms with Gasteiger partial charge in [0.2, 0.25) is 0 Å². The molecule has 0 aliphatic heterocycles. The van der Waals surface area contributed by atoms with Crippen molar-refractivity contribution in [2.45, 2.75) is 0 Å². The predicted octanol–water partition coefficient (Wildman–Crippen LogP) is 3.42. The highest BCUT2D eigenvalue weighted by molar-refractivity contribution is 7.13. The first-order chi connectivity index (χ1) is 12.2. The molecule has 0 saturated heterocycles. The fraction of sp³-hybridized carbons (Fsp3) is 0.118. The molecule has 0 bridgehead atoms. The number of nitrogens with zero attached hydrogens (tertiary/aromatic N) is 1. The maximum absolute atomic E-state index is 11.9. The average Bonchev–Trinajstić information content (AvgIpc) is 3.32. The van der Waals surface area contributed by atoms with E-state index in [4.69, 9.17) is 0 Å². The van der Waals surface area contributed by atoms with Gasteiger partial charge in [0.1, 0.15) is 5.01 Å². The molecule has 0 spiro atoms. The van der Waals surface area contributed by atoms with Gasteiger partial charge in [-0.15, -0.1) is 22.7 Å². The van der Waals surface area contributed by atoms with Crippen molar-refractivity contribution < 1.29 is 9.59 Å². The summed E-state index contributed by atoms with van der Waals surface area (Å²) in [6, 6.07) is 10.8. The summed E-state index contributed by atoms with van der Waals surface area (Å²) >= 11 is 2.95. The molecule has 0 saturated carbocycles. The number of carbonyl (C=O) groups excluding carboxylic acids is 2. The lowest BCUT2D eigenvalue weighted by atomic mass is 10.2. The van der Waals surface area contributed by atoms with Crippen LogP contribution in [0.1, 0.15) is 9.67 Å². The molecule has 2 aromatic heterocycles. The fourth-order valence-electron chi connectivity index (χ4n) is 2.08. The Labute approximate surface area is 152 Å². The largest absolute Gasteiger partial charge is 0.350 e. The second-order valence-electron chi connectivity index (χ2n) is 5.03. The van der Waals surface area contributed by atoms with Gasteiger partial charge in [-0.25, -0.2) is 9.78 Å². The Hall–Kier alpha value is -2.71. The number of aromatic nitrogens is 1. The standard InChI is InChI=1S/C17H16N4O2S2/c22-15(14-2-1-10-24-14)18-7-8-20-17(23)21-13-5-3-12(4-6-13)16-19-9-11-25-16/h1-6,9-11H,7-8H2,(H,18,22)(H2,20,21,23). The number of hydrogen-bond donors (Lipinski definition) is 3. The lowest BCUT2D eigenvalue weighted by Gasteiger charge is -2.08. The number of amides is 3. The van der Waals surface area contributed by atoms with Gasteiger partial charge in [0.15, 0.2) is 0 Å². The Balaban J connectivity index is 1.40. The smallest absolute Gasteiger partial charge is 0.319 e. The van der Waals surface area contributed by atoms with E-state index in [0.717, 1.165) is 10.6 Å². The van der Waals surface area contributed by atoms with Crippen molar-refractivity contribution in [1.82, 2.24) is 15.6 Å². The maximum Gasteiger partial charge on any atom is 0.319 e. The fourth-order valence-corrected chi connectivity index (χ4v) is 3.37. The Morgan fingerprint density at radius 2 is 1.76 bits per heavy atom. The van der Waals surface area contributed by atoms with Crippen molar-refractivity contribution in [3.05, 3.63) is 58.2 Å². The third kappa shape index (κ3) is 4.88. The van der Waals surface area contributed by atoms with Gasteiger partial charge < -0.3 is 16.0 Å². The Morgan fingerprint density at radius 1 is 0.960 bits per heavy atom. The van der Waals surface area contributed by atoms with Gasteiger partial charge in [0.05, 0.1) is 4.88 Å². The number of nitrogens with one attached hydrogen (secondary N) is 3. The van der Waals surface area contributed by atoms with Crippen LogP contribution < -0.4 is 16.0 Å². The number of thiophene rings is 1. The van der Waals surface area contributed by atoms with Crippen molar-refractivity contribution in [2.24, 2.45) is 0 Å². The zero-order valence-corrected chi connectivity index (χ0v) is 14.8. The number of benzene rings is 1. The summed E-state index contributed by atoms with van der Waals surface area (Å²) in [5.41, 5.74) is 1.71. The summed E-state index contributed by atoms with van der Waals surface area (Å²) in [6.45, 7) is 0.716. The maximum atomic E-state index is 11.9. The van der Waals surface area contributed by atoms with Crippen molar-refractivity contribution in [2.75, 3.05) is 18.4 Å². The van der Waals surface area contributed by atoms with Crippen LogP contribution in [-0.4, -0.2) is 30.0 Å². The van der Waals surface area contributed by atoms with Crippen LogP contribution >= 0.6 is 22.7 Å². The van der Waals surface area contributed by atoms with E-state index >= 15 is 0 Å². The molecule has 0 fully saturated rings. The van der Waals surface area contributed by atoms with Crippen LogP contribution in [0, 0.1) is 0 Å². The van der Waals surface area contributed by atoms with Crippen LogP contribution in [0.4, 0.5) is 10.5 Å². The summed E-state index contributed by atoms with van der Waals surface area (Å²) < 4.78 is 0. The highest BCUT2D eigenvalue weighted by atomic mass is 32.1. The van der Waals surface area contributed by atoms with Crippen LogP contribution in [0.3, 0.4) is 0 Å². The van der Waals surface area contributed by atoms with E-state index in [9.17, 15) is 9.59 Å². The number of rotatable bonds is 6. The zero-order valence-electron chi connectivity index (χ0n) is 13.2. The highest BCUT2D eigenvalue weighted by Crippen LogP contribution is 2.23. The molecule has 3 amide bonds. The SMILES string of the molecule is O=C(NCCNC(=O)c1cccs1)Nc1ccc(-c2nccs2)cc1. The Kier molecular flexibility index (Phi) is 5.76. The molecule has 3 rings (SSSR count). The predicted molar refractivity (Wildman–Crippen MR) is 101 cm³/mol. The number of urea groups is 1. The van der Waals surface area contributed by atoms with E-state index in [0.29, 0.717) is 23.7 Å². The molecular formula is C17H16N4O2S2. The molecule has 0 atom stereocenters. The number of carbonyl (C=O) groups is 2. The lowest BCUT2D eigenvalue weighted by Crippen LogP contribution is -2.36. The van der Waals surface area contributed by atoms with E-state index in [1.165, 1.54) is 11.3 Å². The number of hydrogen-bond acceptors (Lipinski definition) is 5. The molecule has 25 heavy (non-hydrogen) atoms. The van der Waals surface area contributed by atoms with Crippen molar-refractivity contribution in [1.29, 1.82) is 0 Å². The third-order valence-corrected chi connectivity index (χ3v) is 4.95. The Morgan fingerprint density at radius 3 is 2.44 bits per heavy atom. The van der Waals surface area contributed by atoms with E-state index in [-0.39, 0.29) is 11.9 Å². The second kappa shape index (κ2) is 8.41. The second-order valence-corrected chi connectivity index (χ2v) is 6.87. The van der Waals surface area contributed by atoms with Gasteiger partial charge in [-0.3, -0.25) is 4.79 Å². The van der Waals surface area contributed by atoms with Gasteiger partial charge in [-0.1, -0.05) is 6.07 Å². The van der Waals surface area contributed by atoms with Crippen LogP contribution in [0.2, 0.25) is 0 Å². The first kappa shape index (κ1) is 17.1. The van der Waals surface area contributed by atoms with E-state index in [1.807, 2.05) is 41.1 Å². The zero-order chi connectivity index (χ0) is 17.5. The molecule has 3 aromatic rings. The lowest BCUT2D eigenvalue weighted by molar-refractivity contribution is 0.0958. The first-order valence-corrected chi connectivity index (χ1v) is 9.35. The van der Waals surface area contributed by atoms with Crippen LogP contribution in [0.15, 0.2) is 53.4 Å². The van der Waals surface area contributed by atoms with Crippen molar-refractivity contribution in [3.8, 4) is 10.6 Å². The van der Waals surface area contributed by atoms with Crippen LogP contribution in [0.25, 0.3) is 10.6 Å². The Bertz CT molecular complexity index is 815. The van der Waals surface area contributed by atoms with Gasteiger partial charge >= 0.3 is 6.03 Å². The quantitative estimate of drug-likeness (QED) is 0.580. The van der Waals surface area contributed by atoms with Crippen molar-refractivity contribution in [3.63, 3.8) is 0 Å². The molecule has 0 aliphatic carbocycles. The summed E-state index contributed by atoms with van der Waals surface area (Å²) in [5, 5.41) is 12.9. The van der Waals surface area contributed by atoms with E-state index in [2.05, 4.69) is 20.9 Å². The first-order valence-electron chi connectivity index (χ1n) is 7.59. The summed E-state index contributed by atoms with van der Waals surface area (Å²) in [4.78, 5) is 28.5. The topological polar surface area (TPSA) is 83.1 Å².